The van der Waals surface area contributed by atoms with E-state index in [1.54, 1.807) is 35.8 Å². The summed E-state index contributed by atoms with van der Waals surface area (Å²) in [6.07, 6.45) is 1.64. The molecule has 1 amide bonds. The fraction of sp³-hybridized carbons (Fsp3) is 0.409. The van der Waals surface area contributed by atoms with Crippen molar-refractivity contribution in [2.24, 2.45) is 7.05 Å². The van der Waals surface area contributed by atoms with Crippen molar-refractivity contribution in [1.29, 1.82) is 0 Å². The second-order valence-electron chi connectivity index (χ2n) is 7.47. The zero-order valence-electron chi connectivity index (χ0n) is 17.8. The Labute approximate surface area is 180 Å². The number of fused-ring (bicyclic) bond motifs is 1. The molecule has 0 fully saturated rings. The lowest BCUT2D eigenvalue weighted by Crippen LogP contribution is -2.29. The molecule has 8 heteroatoms. The highest BCUT2D eigenvalue weighted by Crippen LogP contribution is 2.21. The van der Waals surface area contributed by atoms with Gasteiger partial charge >= 0.3 is 0 Å². The van der Waals surface area contributed by atoms with Crippen LogP contribution in [-0.4, -0.2) is 45.8 Å². The molecule has 0 aliphatic rings. The molecule has 3 aromatic rings. The van der Waals surface area contributed by atoms with Crippen LogP contribution in [0.2, 0.25) is 5.02 Å². The largest absolute Gasteiger partial charge is 0.493 e. The maximum atomic E-state index is 12.6. The molecule has 0 saturated heterocycles. The summed E-state index contributed by atoms with van der Waals surface area (Å²) in [6, 6.07) is 7.26. The van der Waals surface area contributed by atoms with Crippen LogP contribution in [-0.2, 0) is 18.3 Å². The zero-order valence-corrected chi connectivity index (χ0v) is 18.5. The minimum Gasteiger partial charge on any atom is -0.493 e. The highest BCUT2D eigenvalue weighted by atomic mass is 35.5. The predicted octanol–water partition coefficient (Wildman–Crippen LogP) is 3.39. The Balaban J connectivity index is 1.53. The normalized spacial score (nSPS) is 11.1. The molecule has 0 aliphatic heterocycles. The third-order valence-electron chi connectivity index (χ3n) is 5.29. The van der Waals surface area contributed by atoms with Crippen LogP contribution in [0.4, 0.5) is 0 Å². The molecule has 0 radical (unpaired) electrons. The number of carbonyl (C=O) groups is 1. The van der Waals surface area contributed by atoms with E-state index in [4.69, 9.17) is 16.3 Å². The first kappa shape index (κ1) is 21.9. The molecule has 1 aromatic carbocycles. The van der Waals surface area contributed by atoms with Gasteiger partial charge in [0.1, 0.15) is 5.75 Å². The zero-order chi connectivity index (χ0) is 21.8. The van der Waals surface area contributed by atoms with E-state index >= 15 is 0 Å². The van der Waals surface area contributed by atoms with Crippen molar-refractivity contribution in [3.63, 3.8) is 0 Å². The van der Waals surface area contributed by atoms with Gasteiger partial charge < -0.3 is 9.64 Å². The fourth-order valence-corrected chi connectivity index (χ4v) is 3.79. The van der Waals surface area contributed by atoms with Crippen LogP contribution >= 0.6 is 11.6 Å². The predicted molar refractivity (Wildman–Crippen MR) is 118 cm³/mol. The minimum absolute atomic E-state index is 0.0543. The Morgan fingerprint density at radius 1 is 1.33 bits per heavy atom. The summed E-state index contributed by atoms with van der Waals surface area (Å²) in [7, 11) is 3.56. The van der Waals surface area contributed by atoms with E-state index in [9.17, 15) is 9.59 Å². The molecule has 160 valence electrons. The third kappa shape index (κ3) is 4.84. The molecule has 0 bridgehead atoms. The van der Waals surface area contributed by atoms with E-state index in [-0.39, 0.29) is 11.5 Å². The number of halogens is 1. The van der Waals surface area contributed by atoms with Crippen molar-refractivity contribution in [3.8, 4) is 5.75 Å². The summed E-state index contributed by atoms with van der Waals surface area (Å²) in [4.78, 5) is 31.0. The molecule has 2 heterocycles. The summed E-state index contributed by atoms with van der Waals surface area (Å²) in [5, 5.41) is 3.97. The lowest BCUT2D eigenvalue weighted by atomic mass is 10.00. The Morgan fingerprint density at radius 2 is 2.10 bits per heavy atom. The first-order chi connectivity index (χ1) is 14.3. The number of aryl methyl sites for hydroxylation is 3. The Bertz CT molecular complexity index is 1120. The quantitative estimate of drug-likeness (QED) is 0.555. The summed E-state index contributed by atoms with van der Waals surface area (Å²) >= 11 is 5.94. The smallest absolute Gasteiger partial charge is 0.273 e. The average Bonchev–Trinajstić information content (AvgIpc) is 2.98. The molecular weight excluding hydrogens is 404 g/mol. The second kappa shape index (κ2) is 9.34. The number of H-pyrrole nitrogens is 1. The lowest BCUT2D eigenvalue weighted by Gasteiger charge is -2.18. The van der Waals surface area contributed by atoms with Gasteiger partial charge in [0.05, 0.1) is 12.0 Å². The second-order valence-corrected chi connectivity index (χ2v) is 7.91. The van der Waals surface area contributed by atoms with Crippen molar-refractivity contribution in [3.05, 3.63) is 56.5 Å². The maximum absolute atomic E-state index is 12.6. The van der Waals surface area contributed by atoms with Crippen LogP contribution in [0, 0.1) is 13.8 Å². The molecule has 0 spiro atoms. The number of aromatic nitrogens is 3. The number of rotatable bonds is 8. The van der Waals surface area contributed by atoms with E-state index in [0.29, 0.717) is 42.0 Å². The average molecular weight is 431 g/mol. The molecule has 3 rings (SSSR count). The number of benzene rings is 1. The van der Waals surface area contributed by atoms with Crippen LogP contribution in [0.1, 0.15) is 29.7 Å². The number of nitrogens with zero attached hydrogens (tertiary/aromatic N) is 3. The van der Waals surface area contributed by atoms with Gasteiger partial charge in [-0.3, -0.25) is 19.4 Å². The van der Waals surface area contributed by atoms with Crippen molar-refractivity contribution < 1.29 is 9.53 Å². The molecule has 0 unspecified atom stereocenters. The molecule has 0 atom stereocenters. The molecular formula is C22H27ClN4O3. The molecule has 7 nitrogen and oxygen atoms in total. The van der Waals surface area contributed by atoms with Gasteiger partial charge in [-0.05, 0) is 56.0 Å². The number of pyridine rings is 1. The van der Waals surface area contributed by atoms with Crippen LogP contribution in [0.15, 0.2) is 29.1 Å². The van der Waals surface area contributed by atoms with Gasteiger partial charge in [0.2, 0.25) is 5.91 Å². The number of nitrogens with one attached hydrogen (secondary N) is 1. The first-order valence-electron chi connectivity index (χ1n) is 9.95. The number of carbonyl (C=O) groups excluding carboxylic acids is 1. The van der Waals surface area contributed by atoms with E-state index < -0.39 is 0 Å². The first-order valence-corrected chi connectivity index (χ1v) is 10.3. The van der Waals surface area contributed by atoms with Crippen LogP contribution < -0.4 is 10.3 Å². The Kier molecular flexibility index (Phi) is 6.82. The van der Waals surface area contributed by atoms with Crippen molar-refractivity contribution in [2.75, 3.05) is 20.2 Å². The van der Waals surface area contributed by atoms with Crippen molar-refractivity contribution in [2.45, 2.75) is 33.1 Å². The van der Waals surface area contributed by atoms with Gasteiger partial charge in [-0.15, -0.1) is 0 Å². The Morgan fingerprint density at radius 3 is 2.83 bits per heavy atom. The maximum Gasteiger partial charge on any atom is 0.273 e. The van der Waals surface area contributed by atoms with Crippen LogP contribution in [0.3, 0.4) is 0 Å². The molecule has 0 saturated carbocycles. The van der Waals surface area contributed by atoms with Gasteiger partial charge in [0.25, 0.3) is 5.56 Å². The van der Waals surface area contributed by atoms with Gasteiger partial charge in [-0.1, -0.05) is 17.7 Å². The highest BCUT2D eigenvalue weighted by molar-refractivity contribution is 6.30. The SMILES string of the molecule is Cc1nc2c(c(C)c1CCC(=O)N(C)CCCOc1cccc(Cl)c1)c(=O)[nH]n2C. The molecule has 1 N–H and O–H groups in total. The summed E-state index contributed by atoms with van der Waals surface area (Å²) < 4.78 is 7.30. The highest BCUT2D eigenvalue weighted by Gasteiger charge is 2.17. The molecule has 0 aliphatic carbocycles. The minimum atomic E-state index is -0.151. The van der Waals surface area contributed by atoms with E-state index in [1.165, 1.54) is 0 Å². The van der Waals surface area contributed by atoms with E-state index in [2.05, 4.69) is 10.1 Å². The van der Waals surface area contributed by atoms with E-state index in [1.807, 2.05) is 26.0 Å². The number of hydrogen-bond donors (Lipinski definition) is 1. The topological polar surface area (TPSA) is 80.2 Å². The number of amides is 1. The van der Waals surface area contributed by atoms with E-state index in [0.717, 1.165) is 29.0 Å². The summed E-state index contributed by atoms with van der Waals surface area (Å²) in [5.74, 6) is 0.778. The van der Waals surface area contributed by atoms with Crippen molar-refractivity contribution in [1.82, 2.24) is 19.7 Å². The monoisotopic (exact) mass is 430 g/mol. The Hall–Kier alpha value is -2.80. The van der Waals surface area contributed by atoms with Crippen LogP contribution in [0.5, 0.6) is 5.75 Å². The number of hydrogen-bond acceptors (Lipinski definition) is 4. The number of aromatic amines is 1. The third-order valence-corrected chi connectivity index (χ3v) is 5.53. The summed E-state index contributed by atoms with van der Waals surface area (Å²) in [5.41, 5.74) is 3.19. The van der Waals surface area contributed by atoms with Crippen molar-refractivity contribution >= 4 is 28.5 Å². The van der Waals surface area contributed by atoms with Gasteiger partial charge in [-0.25, -0.2) is 4.98 Å². The number of ether oxygens (including phenoxy) is 1. The standard InChI is InChI=1S/C22H27ClN4O3/c1-14-18(15(2)24-21-20(14)22(29)25-27(21)4)9-10-19(28)26(3)11-6-12-30-17-8-5-7-16(23)13-17/h5,7-8,13H,6,9-12H2,1-4H3,(H,25,29). The molecule has 2 aromatic heterocycles. The van der Waals surface area contributed by atoms with Gasteiger partial charge in [0.15, 0.2) is 5.65 Å². The van der Waals surface area contributed by atoms with Gasteiger partial charge in [0, 0.05) is 37.8 Å². The summed E-state index contributed by atoms with van der Waals surface area (Å²) in [6.45, 7) is 4.95. The lowest BCUT2D eigenvalue weighted by molar-refractivity contribution is -0.129. The van der Waals surface area contributed by atoms with Gasteiger partial charge in [-0.2, -0.15) is 0 Å². The van der Waals surface area contributed by atoms with Crippen LogP contribution in [0.25, 0.3) is 11.0 Å². The molecule has 30 heavy (non-hydrogen) atoms. The fourth-order valence-electron chi connectivity index (χ4n) is 3.61.